The van der Waals surface area contributed by atoms with E-state index in [1.54, 1.807) is 97.1 Å². The third kappa shape index (κ3) is 9.47. The van der Waals surface area contributed by atoms with Gasteiger partial charge in [-0.2, -0.15) is 0 Å². The fourth-order valence-electron chi connectivity index (χ4n) is 4.03. The summed E-state index contributed by atoms with van der Waals surface area (Å²) >= 11 is 11.9. The Hall–Kier alpha value is -4.66. The van der Waals surface area contributed by atoms with E-state index >= 15 is 0 Å². The van der Waals surface area contributed by atoms with E-state index < -0.39 is 0 Å². The monoisotopic (exact) mass is 602 g/mol. The van der Waals surface area contributed by atoms with E-state index in [-0.39, 0.29) is 36.5 Å². The highest BCUT2D eigenvalue weighted by atomic mass is 35.5. The molecule has 10 heteroatoms. The van der Waals surface area contributed by atoms with Crippen molar-refractivity contribution in [2.24, 2.45) is 0 Å². The van der Waals surface area contributed by atoms with Gasteiger partial charge in [-0.05, 0) is 85.6 Å². The van der Waals surface area contributed by atoms with Crippen LogP contribution in [0.5, 0.6) is 0 Å². The lowest BCUT2D eigenvalue weighted by Crippen LogP contribution is -2.15. The van der Waals surface area contributed by atoms with Crippen LogP contribution in [0.2, 0.25) is 10.0 Å². The summed E-state index contributed by atoms with van der Waals surface area (Å²) in [5, 5.41) is 12.1. The zero-order valence-electron chi connectivity index (χ0n) is 22.5. The molecule has 0 aromatic heterocycles. The topological polar surface area (TPSA) is 116 Å². The molecule has 0 saturated carbocycles. The van der Waals surface area contributed by atoms with Crippen molar-refractivity contribution in [1.29, 1.82) is 0 Å². The molecule has 4 N–H and O–H groups in total. The van der Waals surface area contributed by atoms with Crippen molar-refractivity contribution >= 4 is 69.6 Å². The van der Waals surface area contributed by atoms with Gasteiger partial charge < -0.3 is 21.3 Å². The lowest BCUT2D eigenvalue weighted by molar-refractivity contribution is -0.118. The minimum atomic E-state index is -0.327. The van der Waals surface area contributed by atoms with Gasteiger partial charge in [0.25, 0.3) is 11.8 Å². The summed E-state index contributed by atoms with van der Waals surface area (Å²) in [5.41, 5.74) is 2.90. The number of hydrogen-bond acceptors (Lipinski definition) is 4. The Kier molecular flexibility index (Phi) is 10.7. The minimum Gasteiger partial charge on any atom is -0.326 e. The Morgan fingerprint density at radius 1 is 0.476 bits per heavy atom. The maximum absolute atomic E-state index is 12.6. The second kappa shape index (κ2) is 14.8. The molecular weight excluding hydrogens is 575 g/mol. The van der Waals surface area contributed by atoms with Crippen LogP contribution in [0.25, 0.3) is 0 Å². The van der Waals surface area contributed by atoms with Crippen LogP contribution in [-0.2, 0) is 9.59 Å². The fraction of sp³-hybridized carbons (Fsp3) is 0.125. The van der Waals surface area contributed by atoms with Crippen LogP contribution in [0, 0.1) is 0 Å². The molecule has 4 aromatic rings. The quantitative estimate of drug-likeness (QED) is 0.132. The molecule has 0 spiro atoms. The third-order valence-electron chi connectivity index (χ3n) is 6.04. The van der Waals surface area contributed by atoms with E-state index in [1.165, 1.54) is 0 Å². The smallest absolute Gasteiger partial charge is 0.255 e. The van der Waals surface area contributed by atoms with Crippen LogP contribution in [0.3, 0.4) is 0 Å². The Morgan fingerprint density at radius 2 is 0.833 bits per heavy atom. The van der Waals surface area contributed by atoms with Crippen molar-refractivity contribution in [3.63, 3.8) is 0 Å². The maximum Gasteiger partial charge on any atom is 0.255 e. The van der Waals surface area contributed by atoms with E-state index in [0.29, 0.717) is 56.8 Å². The predicted molar refractivity (Wildman–Crippen MR) is 167 cm³/mol. The molecule has 0 radical (unpaired) electrons. The number of unbranched alkanes of at least 4 members (excludes halogenated alkanes) is 1. The summed E-state index contributed by atoms with van der Waals surface area (Å²) < 4.78 is 0. The number of nitrogens with one attached hydrogen (secondary N) is 4. The van der Waals surface area contributed by atoms with Crippen LogP contribution >= 0.6 is 23.2 Å². The van der Waals surface area contributed by atoms with Crippen LogP contribution in [0.1, 0.15) is 46.4 Å². The summed E-state index contributed by atoms with van der Waals surface area (Å²) in [7, 11) is 0. The van der Waals surface area contributed by atoms with Gasteiger partial charge in [0.15, 0.2) is 0 Å². The van der Waals surface area contributed by atoms with E-state index in [0.717, 1.165) is 0 Å². The van der Waals surface area contributed by atoms with E-state index in [9.17, 15) is 19.2 Å². The first-order valence-corrected chi connectivity index (χ1v) is 13.9. The molecule has 0 fully saturated rings. The molecule has 4 aromatic carbocycles. The molecular formula is C32H28Cl2N4O4. The van der Waals surface area contributed by atoms with Gasteiger partial charge in [0, 0.05) is 56.8 Å². The number of rotatable bonds is 11. The first-order valence-electron chi connectivity index (χ1n) is 13.2. The van der Waals surface area contributed by atoms with Crippen LogP contribution in [-0.4, -0.2) is 23.6 Å². The number of hydrogen-bond donors (Lipinski definition) is 4. The van der Waals surface area contributed by atoms with Gasteiger partial charge in [-0.15, -0.1) is 0 Å². The van der Waals surface area contributed by atoms with Gasteiger partial charge >= 0.3 is 0 Å². The molecule has 4 rings (SSSR count). The van der Waals surface area contributed by atoms with Crippen LogP contribution in [0.15, 0.2) is 97.1 Å². The lowest BCUT2D eigenvalue weighted by atomic mass is 10.1. The zero-order chi connectivity index (χ0) is 29.9. The number of benzene rings is 4. The molecule has 0 saturated heterocycles. The molecule has 0 aliphatic heterocycles. The molecule has 0 unspecified atom stereocenters. The first kappa shape index (κ1) is 30.3. The first-order chi connectivity index (χ1) is 20.2. The van der Waals surface area contributed by atoms with Gasteiger partial charge in [-0.3, -0.25) is 19.2 Å². The van der Waals surface area contributed by atoms with Crippen molar-refractivity contribution in [1.82, 2.24) is 0 Å². The van der Waals surface area contributed by atoms with Gasteiger partial charge in [0.2, 0.25) is 11.8 Å². The molecule has 0 bridgehead atoms. The summed E-state index contributed by atoms with van der Waals surface area (Å²) in [6.07, 6.45) is 1.42. The van der Waals surface area contributed by atoms with Crippen molar-refractivity contribution in [3.05, 3.63) is 118 Å². The molecule has 42 heavy (non-hydrogen) atoms. The molecule has 0 aliphatic rings. The second-order valence-corrected chi connectivity index (χ2v) is 10.3. The Bertz CT molecular complexity index is 1490. The minimum absolute atomic E-state index is 0.214. The SMILES string of the molecule is O=C(CCCCC(=O)Nc1cccc(C(=O)Nc2cccc(Cl)c2)c1)Nc1cccc(C(=O)Nc2cccc(Cl)c2)c1. The van der Waals surface area contributed by atoms with Crippen molar-refractivity contribution in [2.45, 2.75) is 25.7 Å². The molecule has 0 atom stereocenters. The van der Waals surface area contributed by atoms with Crippen LogP contribution < -0.4 is 21.3 Å². The maximum atomic E-state index is 12.6. The highest BCUT2D eigenvalue weighted by Crippen LogP contribution is 2.19. The fourth-order valence-corrected chi connectivity index (χ4v) is 4.41. The largest absolute Gasteiger partial charge is 0.326 e. The number of anilines is 4. The lowest BCUT2D eigenvalue weighted by Gasteiger charge is -2.10. The molecule has 214 valence electrons. The van der Waals surface area contributed by atoms with Crippen molar-refractivity contribution < 1.29 is 19.2 Å². The number of carbonyl (C=O) groups excluding carboxylic acids is 4. The van der Waals surface area contributed by atoms with Gasteiger partial charge in [-0.1, -0.05) is 47.5 Å². The predicted octanol–water partition coefficient (Wildman–Crippen LogP) is 7.64. The van der Waals surface area contributed by atoms with Crippen molar-refractivity contribution in [2.75, 3.05) is 21.3 Å². The van der Waals surface area contributed by atoms with E-state index in [1.807, 2.05) is 0 Å². The van der Waals surface area contributed by atoms with Crippen LogP contribution in [0.4, 0.5) is 22.7 Å². The van der Waals surface area contributed by atoms with Crippen molar-refractivity contribution in [3.8, 4) is 0 Å². The number of amides is 4. The van der Waals surface area contributed by atoms with E-state index in [4.69, 9.17) is 23.2 Å². The Balaban J connectivity index is 1.19. The molecule has 4 amide bonds. The number of halogens is 2. The van der Waals surface area contributed by atoms with Gasteiger partial charge in [0.05, 0.1) is 0 Å². The molecule has 0 aliphatic carbocycles. The summed E-state index contributed by atoms with van der Waals surface area (Å²) in [5.74, 6) is -1.10. The Morgan fingerprint density at radius 3 is 1.21 bits per heavy atom. The summed E-state index contributed by atoms with van der Waals surface area (Å²) in [6, 6.07) is 26.9. The second-order valence-electron chi connectivity index (χ2n) is 9.39. The summed E-state index contributed by atoms with van der Waals surface area (Å²) in [4.78, 5) is 50.0. The summed E-state index contributed by atoms with van der Waals surface area (Å²) in [6.45, 7) is 0. The van der Waals surface area contributed by atoms with Gasteiger partial charge in [0.1, 0.15) is 0 Å². The average Bonchev–Trinajstić information content (AvgIpc) is 2.95. The van der Waals surface area contributed by atoms with E-state index in [2.05, 4.69) is 21.3 Å². The van der Waals surface area contributed by atoms with Gasteiger partial charge in [-0.25, -0.2) is 0 Å². The third-order valence-corrected chi connectivity index (χ3v) is 6.51. The zero-order valence-corrected chi connectivity index (χ0v) is 24.0. The normalized spacial score (nSPS) is 10.4. The Labute approximate surface area is 253 Å². The molecule has 0 heterocycles. The average molecular weight is 604 g/mol. The number of carbonyl (C=O) groups is 4. The highest BCUT2D eigenvalue weighted by molar-refractivity contribution is 6.31. The standard InChI is InChI=1S/C32H28Cl2N4O4/c33-23-9-5-13-27(19-23)37-31(41)21-7-3-11-25(17-21)35-29(39)15-1-2-16-30(40)36-26-12-4-8-22(18-26)32(42)38-28-14-6-10-24(34)20-28/h3-14,17-20H,1-2,15-16H2,(H,35,39)(H,36,40)(H,37,41)(H,38,42). The molecule has 8 nitrogen and oxygen atoms in total. The highest BCUT2D eigenvalue weighted by Gasteiger charge is 2.11.